The molecule has 9 heteroatoms. The lowest BCUT2D eigenvalue weighted by atomic mass is 9.48. The number of hydrogen-bond acceptors (Lipinski definition) is 5. The third-order valence-corrected chi connectivity index (χ3v) is 10.8. The molecule has 6 nitrogen and oxygen atoms in total. The van der Waals surface area contributed by atoms with Crippen molar-refractivity contribution >= 4 is 68.1 Å². The minimum absolute atomic E-state index is 0.204. The maximum Gasteiger partial charge on any atom is 0.294 e. The zero-order valence-electron chi connectivity index (χ0n) is 21.7. The number of carbonyl (C=O) groups excluding carboxylic acids is 3. The second-order valence-corrected chi connectivity index (χ2v) is 13.6. The molecule has 4 aliphatic carbocycles. The Morgan fingerprint density at radius 2 is 1.82 bits per heavy atom. The number of halogens is 2. The maximum absolute atomic E-state index is 13.3. The molecule has 2 aromatic rings. The van der Waals surface area contributed by atoms with E-state index in [1.807, 2.05) is 13.0 Å². The Morgan fingerprint density at radius 3 is 2.46 bits per heavy atom. The molecular weight excluding hydrogens is 600 g/mol. The molecule has 2 aromatic carbocycles. The second-order valence-electron chi connectivity index (χ2n) is 11.3. The molecule has 204 valence electrons. The minimum Gasteiger partial charge on any atom is -0.493 e. The van der Waals surface area contributed by atoms with Gasteiger partial charge >= 0.3 is 0 Å². The smallest absolute Gasteiger partial charge is 0.294 e. The number of benzene rings is 2. The predicted molar refractivity (Wildman–Crippen MR) is 158 cm³/mol. The Hall–Kier alpha value is -2.29. The standard InChI is InChI=1S/C30H30BrClN2O4S/c1-2-38-25-6-3-21(30-13-17-7-18(14-30)9-19(8-17)15-30)10-20(25)11-26-28(36)34(29(37)39-26)16-27(35)33-22-4-5-23(31)24(32)12-22/h3-6,10-12,17-19H,2,7-9,13-16H2,1H3,(H,33,35)/b26-11+. The van der Waals surface area contributed by atoms with Crippen LogP contribution in [0.2, 0.25) is 5.02 Å². The number of nitrogens with zero attached hydrogens (tertiary/aromatic N) is 1. The molecule has 3 amide bonds. The van der Waals surface area contributed by atoms with Crippen LogP contribution in [-0.2, 0) is 15.0 Å². The number of amides is 3. The van der Waals surface area contributed by atoms with Gasteiger partial charge in [-0.2, -0.15) is 0 Å². The molecule has 1 heterocycles. The van der Waals surface area contributed by atoms with Crippen molar-refractivity contribution < 1.29 is 19.1 Å². The van der Waals surface area contributed by atoms with Crippen molar-refractivity contribution in [3.63, 3.8) is 0 Å². The number of ether oxygens (including phenoxy) is 1. The van der Waals surface area contributed by atoms with Crippen LogP contribution in [0.25, 0.3) is 6.08 Å². The first kappa shape index (κ1) is 26.9. The second kappa shape index (κ2) is 10.6. The third-order valence-electron chi connectivity index (χ3n) is 8.63. The summed E-state index contributed by atoms with van der Waals surface area (Å²) in [5.41, 5.74) is 2.82. The molecule has 0 atom stereocenters. The number of anilines is 1. The molecule has 1 N–H and O–H groups in total. The summed E-state index contributed by atoms with van der Waals surface area (Å²) < 4.78 is 6.62. The van der Waals surface area contributed by atoms with Crippen LogP contribution in [0.3, 0.4) is 0 Å². The first-order valence-electron chi connectivity index (χ1n) is 13.5. The van der Waals surface area contributed by atoms with Gasteiger partial charge in [-0.15, -0.1) is 0 Å². The highest BCUT2D eigenvalue weighted by atomic mass is 79.9. The van der Waals surface area contributed by atoms with Gasteiger partial charge in [-0.25, -0.2) is 0 Å². The monoisotopic (exact) mass is 628 g/mol. The number of nitrogens with one attached hydrogen (secondary N) is 1. The Kier molecular flexibility index (Phi) is 7.31. The largest absolute Gasteiger partial charge is 0.493 e. The van der Waals surface area contributed by atoms with E-state index in [1.165, 1.54) is 44.1 Å². The van der Waals surface area contributed by atoms with Crippen molar-refractivity contribution in [2.24, 2.45) is 17.8 Å². The fraction of sp³-hybridized carbons (Fsp3) is 0.433. The lowest BCUT2D eigenvalue weighted by Gasteiger charge is -2.57. The number of imide groups is 1. The molecule has 0 spiro atoms. The fourth-order valence-corrected chi connectivity index (χ4v) is 8.69. The molecule has 39 heavy (non-hydrogen) atoms. The Bertz CT molecular complexity index is 1360. The summed E-state index contributed by atoms with van der Waals surface area (Å²) in [6, 6.07) is 11.4. The van der Waals surface area contributed by atoms with Gasteiger partial charge in [-0.05, 0) is 138 Å². The van der Waals surface area contributed by atoms with Crippen molar-refractivity contribution in [2.45, 2.75) is 50.9 Å². The molecule has 0 radical (unpaired) electrons. The maximum atomic E-state index is 13.3. The SMILES string of the molecule is CCOc1ccc(C23CC4CC(CC(C4)C2)C3)cc1/C=C1/SC(=O)N(CC(=O)Nc2ccc(Br)c(Cl)c2)C1=O. The van der Waals surface area contributed by atoms with Crippen LogP contribution in [0.1, 0.15) is 56.6 Å². The van der Waals surface area contributed by atoms with Crippen LogP contribution in [0.15, 0.2) is 45.8 Å². The summed E-state index contributed by atoms with van der Waals surface area (Å²) in [7, 11) is 0. The van der Waals surface area contributed by atoms with Crippen molar-refractivity contribution in [1.82, 2.24) is 4.90 Å². The molecule has 4 saturated carbocycles. The third kappa shape index (κ3) is 5.27. The molecule has 4 bridgehead atoms. The van der Waals surface area contributed by atoms with Crippen LogP contribution in [-0.4, -0.2) is 35.1 Å². The van der Waals surface area contributed by atoms with Crippen molar-refractivity contribution in [3.8, 4) is 5.75 Å². The lowest BCUT2D eigenvalue weighted by molar-refractivity contribution is -0.127. The van der Waals surface area contributed by atoms with Gasteiger partial charge in [0.1, 0.15) is 12.3 Å². The first-order chi connectivity index (χ1) is 18.7. The molecule has 1 aliphatic heterocycles. The average Bonchev–Trinajstić information content (AvgIpc) is 3.14. The number of carbonyl (C=O) groups is 3. The summed E-state index contributed by atoms with van der Waals surface area (Å²) in [6.07, 6.45) is 9.59. The highest BCUT2D eigenvalue weighted by Crippen LogP contribution is 2.61. The lowest BCUT2D eigenvalue weighted by Crippen LogP contribution is -2.48. The van der Waals surface area contributed by atoms with E-state index >= 15 is 0 Å². The van der Waals surface area contributed by atoms with Crippen molar-refractivity contribution in [1.29, 1.82) is 0 Å². The van der Waals surface area contributed by atoms with E-state index in [0.717, 1.165) is 40.0 Å². The van der Waals surface area contributed by atoms with Gasteiger partial charge in [-0.3, -0.25) is 19.3 Å². The molecular formula is C30H30BrClN2O4S. The van der Waals surface area contributed by atoms with Gasteiger partial charge < -0.3 is 10.1 Å². The van der Waals surface area contributed by atoms with Gasteiger partial charge in [-0.1, -0.05) is 17.7 Å². The normalized spacial score (nSPS) is 28.4. The summed E-state index contributed by atoms with van der Waals surface area (Å²) in [5.74, 6) is 2.21. The molecule has 1 saturated heterocycles. The summed E-state index contributed by atoms with van der Waals surface area (Å²) in [5, 5.41) is 2.68. The summed E-state index contributed by atoms with van der Waals surface area (Å²) in [6.45, 7) is 2.06. The molecule has 5 fully saturated rings. The van der Waals surface area contributed by atoms with Crippen LogP contribution < -0.4 is 10.1 Å². The van der Waals surface area contributed by atoms with Crippen molar-refractivity contribution in [2.75, 3.05) is 18.5 Å². The van der Waals surface area contributed by atoms with Crippen LogP contribution in [0.4, 0.5) is 10.5 Å². The van der Waals surface area contributed by atoms with Crippen LogP contribution >= 0.6 is 39.3 Å². The van der Waals surface area contributed by atoms with Gasteiger partial charge in [0.2, 0.25) is 5.91 Å². The van der Waals surface area contributed by atoms with E-state index in [-0.39, 0.29) is 12.0 Å². The predicted octanol–water partition coefficient (Wildman–Crippen LogP) is 7.64. The summed E-state index contributed by atoms with van der Waals surface area (Å²) >= 11 is 10.3. The number of rotatable bonds is 7. The number of hydrogen-bond donors (Lipinski definition) is 1. The highest BCUT2D eigenvalue weighted by Gasteiger charge is 2.51. The zero-order chi connectivity index (χ0) is 27.3. The Labute approximate surface area is 246 Å². The van der Waals surface area contributed by atoms with E-state index < -0.39 is 17.1 Å². The van der Waals surface area contributed by atoms with E-state index in [4.69, 9.17) is 16.3 Å². The molecule has 5 aliphatic rings. The van der Waals surface area contributed by atoms with Crippen molar-refractivity contribution in [3.05, 3.63) is 61.9 Å². The first-order valence-corrected chi connectivity index (χ1v) is 15.5. The topological polar surface area (TPSA) is 75.7 Å². The van der Waals surface area contributed by atoms with Gasteiger partial charge in [0, 0.05) is 15.7 Å². The fourth-order valence-electron chi connectivity index (χ4n) is 7.44. The minimum atomic E-state index is -0.476. The Morgan fingerprint density at radius 1 is 1.13 bits per heavy atom. The quantitative estimate of drug-likeness (QED) is 0.319. The summed E-state index contributed by atoms with van der Waals surface area (Å²) in [4.78, 5) is 39.9. The van der Waals surface area contributed by atoms with Gasteiger partial charge in [0.15, 0.2) is 0 Å². The van der Waals surface area contributed by atoms with E-state index in [2.05, 4.69) is 33.4 Å². The molecule has 0 unspecified atom stereocenters. The van der Waals surface area contributed by atoms with Gasteiger partial charge in [0.25, 0.3) is 11.1 Å². The van der Waals surface area contributed by atoms with E-state index in [9.17, 15) is 14.4 Å². The number of thioether (sulfide) groups is 1. The Balaban J connectivity index is 1.23. The average molecular weight is 630 g/mol. The van der Waals surface area contributed by atoms with Crippen LogP contribution in [0.5, 0.6) is 5.75 Å². The zero-order valence-corrected chi connectivity index (χ0v) is 24.8. The molecule has 7 rings (SSSR count). The highest BCUT2D eigenvalue weighted by molar-refractivity contribution is 9.10. The van der Waals surface area contributed by atoms with Crippen LogP contribution in [0, 0.1) is 17.8 Å². The molecule has 0 aromatic heterocycles. The van der Waals surface area contributed by atoms with E-state index in [1.54, 1.807) is 24.3 Å². The van der Waals surface area contributed by atoms with E-state index in [0.29, 0.717) is 32.4 Å². The van der Waals surface area contributed by atoms with Gasteiger partial charge in [0.05, 0.1) is 16.5 Å².